The summed E-state index contributed by atoms with van der Waals surface area (Å²) in [7, 11) is 0. The summed E-state index contributed by atoms with van der Waals surface area (Å²) in [6, 6.07) is 5.37. The van der Waals surface area contributed by atoms with Crippen molar-refractivity contribution in [1.29, 1.82) is 0 Å². The van der Waals surface area contributed by atoms with Gasteiger partial charge >= 0.3 is 0 Å². The van der Waals surface area contributed by atoms with Crippen LogP contribution in [0.1, 0.15) is 30.8 Å². The topological polar surface area (TPSA) is 65.5 Å². The highest BCUT2D eigenvalue weighted by Gasteiger charge is 2.15. The zero-order chi connectivity index (χ0) is 13.4. The fraction of sp³-hybridized carbons (Fsp3) is 0.538. The molecule has 5 nitrogen and oxygen atoms in total. The van der Waals surface area contributed by atoms with Crippen LogP contribution < -0.4 is 5.32 Å². The number of amides is 1. The summed E-state index contributed by atoms with van der Waals surface area (Å²) in [4.78, 5) is 18.2. The molecule has 0 aliphatic carbocycles. The Morgan fingerprint density at radius 2 is 2.22 bits per heavy atom. The van der Waals surface area contributed by atoms with Crippen molar-refractivity contribution in [2.45, 2.75) is 20.3 Å². The minimum atomic E-state index is -0.0919. The van der Waals surface area contributed by atoms with E-state index in [9.17, 15) is 4.79 Å². The van der Waals surface area contributed by atoms with Gasteiger partial charge in [-0.2, -0.15) is 0 Å². The molecule has 0 saturated carbocycles. The first-order valence-electron chi connectivity index (χ1n) is 6.34. The normalized spacial score (nSPS) is 10.2. The molecular weight excluding hydrogens is 230 g/mol. The van der Waals surface area contributed by atoms with Gasteiger partial charge in [0.1, 0.15) is 11.5 Å². The number of aliphatic hydroxyl groups excluding tert-OH is 1. The number of carbonyl (C=O) groups excluding carboxylic acids is 1. The highest BCUT2D eigenvalue weighted by atomic mass is 16.3. The molecule has 5 heteroatoms. The van der Waals surface area contributed by atoms with Crippen LogP contribution in [-0.2, 0) is 0 Å². The Hall–Kier alpha value is -1.62. The molecule has 0 radical (unpaired) electrons. The van der Waals surface area contributed by atoms with E-state index >= 15 is 0 Å². The third-order valence-electron chi connectivity index (χ3n) is 2.58. The molecule has 0 unspecified atom stereocenters. The highest BCUT2D eigenvalue weighted by molar-refractivity contribution is 5.92. The summed E-state index contributed by atoms with van der Waals surface area (Å²) in [6.45, 7) is 5.94. The molecule has 0 fully saturated rings. The van der Waals surface area contributed by atoms with Gasteiger partial charge < -0.3 is 15.3 Å². The summed E-state index contributed by atoms with van der Waals surface area (Å²) in [5.41, 5.74) is 0.438. The van der Waals surface area contributed by atoms with Gasteiger partial charge in [0, 0.05) is 26.2 Å². The maximum Gasteiger partial charge on any atom is 0.272 e. The van der Waals surface area contributed by atoms with Crippen molar-refractivity contribution in [3.63, 3.8) is 0 Å². The molecular formula is C13H21N3O2. The van der Waals surface area contributed by atoms with Gasteiger partial charge in [-0.05, 0) is 32.4 Å². The zero-order valence-electron chi connectivity index (χ0n) is 11.0. The number of hydrogen-bond donors (Lipinski definition) is 2. The largest absolute Gasteiger partial charge is 0.396 e. The monoisotopic (exact) mass is 251 g/mol. The summed E-state index contributed by atoms with van der Waals surface area (Å²) in [5, 5.41) is 11.9. The maximum atomic E-state index is 12.2. The van der Waals surface area contributed by atoms with E-state index in [1.165, 1.54) is 0 Å². The highest BCUT2D eigenvalue weighted by Crippen LogP contribution is 2.08. The van der Waals surface area contributed by atoms with E-state index in [1.54, 1.807) is 11.0 Å². The number of carbonyl (C=O) groups is 1. The number of aromatic nitrogens is 1. The Kier molecular flexibility index (Phi) is 6.14. The van der Waals surface area contributed by atoms with Gasteiger partial charge in [-0.1, -0.05) is 6.07 Å². The molecule has 1 aromatic rings. The van der Waals surface area contributed by atoms with Crippen molar-refractivity contribution in [3.05, 3.63) is 23.9 Å². The quantitative estimate of drug-likeness (QED) is 0.768. The molecule has 0 aliphatic rings. The number of aliphatic hydroxyl groups is 1. The Bertz CT molecular complexity index is 382. The molecule has 1 rings (SSSR count). The van der Waals surface area contributed by atoms with E-state index in [4.69, 9.17) is 5.11 Å². The number of rotatable bonds is 7. The number of pyridine rings is 1. The maximum absolute atomic E-state index is 12.2. The van der Waals surface area contributed by atoms with Crippen molar-refractivity contribution in [2.75, 3.05) is 31.6 Å². The average molecular weight is 251 g/mol. The minimum absolute atomic E-state index is 0.0919. The van der Waals surface area contributed by atoms with Crippen molar-refractivity contribution in [3.8, 4) is 0 Å². The van der Waals surface area contributed by atoms with Gasteiger partial charge in [0.05, 0.1) is 0 Å². The average Bonchev–Trinajstić information content (AvgIpc) is 2.40. The molecule has 0 saturated heterocycles. The fourth-order valence-corrected chi connectivity index (χ4v) is 1.66. The summed E-state index contributed by atoms with van der Waals surface area (Å²) >= 11 is 0. The van der Waals surface area contributed by atoms with Crippen molar-refractivity contribution in [2.24, 2.45) is 0 Å². The molecule has 2 N–H and O–H groups in total. The Balaban J connectivity index is 2.77. The van der Waals surface area contributed by atoms with E-state index in [2.05, 4.69) is 10.3 Å². The molecule has 0 aliphatic heterocycles. The van der Waals surface area contributed by atoms with Crippen LogP contribution >= 0.6 is 0 Å². The van der Waals surface area contributed by atoms with Gasteiger partial charge in [-0.15, -0.1) is 0 Å². The lowest BCUT2D eigenvalue weighted by atomic mass is 10.3. The smallest absolute Gasteiger partial charge is 0.272 e. The second-order valence-electron chi connectivity index (χ2n) is 3.90. The van der Waals surface area contributed by atoms with Crippen LogP contribution in [0.4, 0.5) is 5.82 Å². The second kappa shape index (κ2) is 7.66. The zero-order valence-corrected chi connectivity index (χ0v) is 11.0. The van der Waals surface area contributed by atoms with Crippen LogP contribution in [0, 0.1) is 0 Å². The molecule has 0 spiro atoms. The second-order valence-corrected chi connectivity index (χ2v) is 3.90. The van der Waals surface area contributed by atoms with Crippen molar-refractivity contribution < 1.29 is 9.90 Å². The molecule has 0 bridgehead atoms. The molecule has 18 heavy (non-hydrogen) atoms. The van der Waals surface area contributed by atoms with Gasteiger partial charge in [0.2, 0.25) is 0 Å². The van der Waals surface area contributed by atoms with Crippen LogP contribution in [0.2, 0.25) is 0 Å². The Morgan fingerprint density at radius 3 is 2.83 bits per heavy atom. The SMILES string of the molecule is CCNc1cccc(C(=O)N(CC)CCCO)n1. The predicted molar refractivity (Wildman–Crippen MR) is 71.7 cm³/mol. The van der Waals surface area contributed by atoms with Crippen LogP contribution in [0.25, 0.3) is 0 Å². The van der Waals surface area contributed by atoms with Crippen molar-refractivity contribution in [1.82, 2.24) is 9.88 Å². The van der Waals surface area contributed by atoms with E-state index in [-0.39, 0.29) is 12.5 Å². The first-order valence-corrected chi connectivity index (χ1v) is 6.34. The van der Waals surface area contributed by atoms with Crippen LogP contribution in [0.5, 0.6) is 0 Å². The molecule has 1 amide bonds. The Labute approximate surface area is 108 Å². The Morgan fingerprint density at radius 1 is 1.44 bits per heavy atom. The lowest BCUT2D eigenvalue weighted by Gasteiger charge is -2.20. The van der Waals surface area contributed by atoms with Crippen LogP contribution in [0.15, 0.2) is 18.2 Å². The van der Waals surface area contributed by atoms with E-state index in [0.29, 0.717) is 31.0 Å². The van der Waals surface area contributed by atoms with Gasteiger partial charge in [0.25, 0.3) is 5.91 Å². The number of anilines is 1. The van der Waals surface area contributed by atoms with Crippen molar-refractivity contribution >= 4 is 11.7 Å². The van der Waals surface area contributed by atoms with Crippen LogP contribution in [0.3, 0.4) is 0 Å². The standard InChI is InChI=1S/C13H21N3O2/c1-3-14-12-8-5-7-11(15-12)13(18)16(4-2)9-6-10-17/h5,7-8,17H,3-4,6,9-10H2,1-2H3,(H,14,15). The summed E-state index contributed by atoms with van der Waals surface area (Å²) in [6.07, 6.45) is 0.590. The lowest BCUT2D eigenvalue weighted by molar-refractivity contribution is 0.0748. The lowest BCUT2D eigenvalue weighted by Crippen LogP contribution is -2.32. The van der Waals surface area contributed by atoms with Gasteiger partial charge in [-0.3, -0.25) is 4.79 Å². The van der Waals surface area contributed by atoms with E-state index < -0.39 is 0 Å². The predicted octanol–water partition coefficient (Wildman–Crippen LogP) is 1.36. The molecule has 1 aromatic heterocycles. The third kappa shape index (κ3) is 4.00. The summed E-state index contributed by atoms with van der Waals surface area (Å²) < 4.78 is 0. The van der Waals surface area contributed by atoms with E-state index in [1.807, 2.05) is 26.0 Å². The minimum Gasteiger partial charge on any atom is -0.396 e. The molecule has 100 valence electrons. The molecule has 0 atom stereocenters. The van der Waals surface area contributed by atoms with Crippen LogP contribution in [-0.4, -0.2) is 47.1 Å². The first kappa shape index (κ1) is 14.4. The number of nitrogens with zero attached hydrogens (tertiary/aromatic N) is 2. The fourth-order valence-electron chi connectivity index (χ4n) is 1.66. The number of hydrogen-bond acceptors (Lipinski definition) is 4. The number of nitrogens with one attached hydrogen (secondary N) is 1. The van der Waals surface area contributed by atoms with Gasteiger partial charge in [0.15, 0.2) is 0 Å². The summed E-state index contributed by atoms with van der Waals surface area (Å²) in [5.74, 6) is 0.618. The third-order valence-corrected chi connectivity index (χ3v) is 2.58. The first-order chi connectivity index (χ1) is 8.72. The molecule has 0 aromatic carbocycles. The van der Waals surface area contributed by atoms with E-state index in [0.717, 1.165) is 6.54 Å². The van der Waals surface area contributed by atoms with Gasteiger partial charge in [-0.25, -0.2) is 4.98 Å². The molecule has 1 heterocycles.